The number of aliphatic hydroxyl groups excluding tert-OH is 1. The molecule has 4 unspecified atom stereocenters. The number of hydrogen-bond acceptors (Lipinski definition) is 18. The van der Waals surface area contributed by atoms with Crippen LogP contribution in [0.2, 0.25) is 0 Å². The summed E-state index contributed by atoms with van der Waals surface area (Å²) < 4.78 is 25.8. The van der Waals surface area contributed by atoms with Gasteiger partial charge in [0.05, 0.1) is 70.9 Å². The third-order valence-corrected chi connectivity index (χ3v) is 15.6. The average molecular weight is 1220 g/mol. The van der Waals surface area contributed by atoms with Gasteiger partial charge < -0.3 is 33.8 Å². The minimum Gasteiger partial charge on any atom is -0.476 e. The van der Waals surface area contributed by atoms with E-state index in [-0.39, 0.29) is 48.9 Å². The highest BCUT2D eigenvalue weighted by atomic mass is 16.6. The monoisotopic (exact) mass is 1220 g/mol. The van der Waals surface area contributed by atoms with Crippen LogP contribution in [-0.4, -0.2) is 81.7 Å². The van der Waals surface area contributed by atoms with Gasteiger partial charge in [0.25, 0.3) is 0 Å². The number of furan rings is 2. The van der Waals surface area contributed by atoms with Crippen molar-refractivity contribution in [1.82, 2.24) is 49.9 Å². The number of nitrogens with zero attached hydrogens (tertiary/aromatic N) is 11. The number of aromatic carboxylic acids is 1. The lowest BCUT2D eigenvalue weighted by Gasteiger charge is -2.11. The molecule has 25 nitrogen and oxygen atoms in total. The molecule has 4 aromatic carbocycles. The van der Waals surface area contributed by atoms with Crippen LogP contribution >= 0.6 is 0 Å². The number of carboxylic acid groups (broad SMARTS) is 1. The van der Waals surface area contributed by atoms with Crippen molar-refractivity contribution in [2.24, 2.45) is 0 Å². The Morgan fingerprint density at radius 1 is 0.567 bits per heavy atom. The summed E-state index contributed by atoms with van der Waals surface area (Å²) in [5, 5.41) is 64.1. The summed E-state index contributed by atoms with van der Waals surface area (Å²) >= 11 is 0. The van der Waals surface area contributed by atoms with E-state index in [4.69, 9.17) is 28.7 Å². The molecule has 0 amide bonds. The standard InChI is InChI=1S/C21H17N3O3.C12H11N3O2.C12H13N3.C9H10O.C8H5NO4.C3H3N3O2.H2/c25-19(17-11-21(27-23-17)20-6-3-9-26-20)10-14-12-22-24(13-14)18-8-7-15-4-1-2-5-16(15)18;16-15(17)10-7-13-14(8-10)12-6-5-9-3-1-2-4-11(9)12;13-10-7-14-15(8-10)12-6-5-9-3-1-2-4-11(9)12;10-9-6-5-7-3-1-2-4-8(7)9;10-8(11)5-4-7(13-9-5)6-2-1-3-12-6;7-6(8)3-1-4-5-2-3;/h1-6,9,11-13,18H,7-8,10H2;1-4,7-8,12H,5-6H2;1-4,7-8,12H,5-6,13H2;1-4,9-10H,5-6H2;1-4H,(H,10,11);1-2H,(H,4,5);1H. The zero-order valence-corrected chi connectivity index (χ0v) is 48.1. The number of H-pyrrole nitrogens is 1. The molecule has 12 aromatic rings. The number of nitrogens with two attached hydrogens (primary N) is 1. The molecule has 0 radical (unpaired) electrons. The number of nitrogen functional groups attached to an aromatic ring is 1. The van der Waals surface area contributed by atoms with Crippen molar-refractivity contribution in [3.8, 4) is 23.0 Å². The van der Waals surface area contributed by atoms with Gasteiger partial charge in [0.2, 0.25) is 11.5 Å². The van der Waals surface area contributed by atoms with E-state index in [2.05, 4.69) is 103 Å². The van der Waals surface area contributed by atoms with Gasteiger partial charge in [0, 0.05) is 32.4 Å². The molecule has 8 heterocycles. The normalized spacial score (nSPS) is 16.1. The van der Waals surface area contributed by atoms with Crippen LogP contribution in [-0.2, 0) is 32.1 Å². The topological polar surface area (TPSA) is 347 Å². The lowest BCUT2D eigenvalue weighted by molar-refractivity contribution is -0.385. The van der Waals surface area contributed by atoms with Gasteiger partial charge in [-0.05, 0) is 126 Å². The minimum atomic E-state index is -1.12. The number of nitrogens with one attached hydrogen (secondary N) is 1. The van der Waals surface area contributed by atoms with E-state index in [0.29, 0.717) is 34.8 Å². The Bertz CT molecular complexity index is 4360. The maximum atomic E-state index is 12.5. The van der Waals surface area contributed by atoms with Crippen LogP contribution in [0.3, 0.4) is 0 Å². The molecule has 16 rings (SSSR count). The minimum absolute atomic E-state index is 0. The number of aryl methyl sites for hydroxylation is 4. The first kappa shape index (κ1) is 60.1. The Morgan fingerprint density at radius 2 is 1.03 bits per heavy atom. The maximum Gasteiger partial charge on any atom is 0.358 e. The van der Waals surface area contributed by atoms with Gasteiger partial charge in [-0.15, -0.1) is 0 Å². The van der Waals surface area contributed by atoms with Crippen molar-refractivity contribution in [3.05, 3.63) is 277 Å². The smallest absolute Gasteiger partial charge is 0.358 e. The molecule has 0 fully saturated rings. The number of benzene rings is 4. The number of carbonyl (C=O) groups is 2. The Balaban J connectivity index is 0.000000125. The highest BCUT2D eigenvalue weighted by Crippen LogP contribution is 2.37. The van der Waals surface area contributed by atoms with E-state index in [1.54, 1.807) is 53.7 Å². The van der Waals surface area contributed by atoms with Gasteiger partial charge in [0.1, 0.15) is 18.6 Å². The first-order valence-corrected chi connectivity index (χ1v) is 28.7. The molecule has 0 aliphatic heterocycles. The summed E-state index contributed by atoms with van der Waals surface area (Å²) in [6, 6.07) is 43.8. The van der Waals surface area contributed by atoms with Gasteiger partial charge in [-0.3, -0.25) is 44.2 Å². The second-order valence-electron chi connectivity index (χ2n) is 21.3. The van der Waals surface area contributed by atoms with Crippen LogP contribution in [0.5, 0.6) is 0 Å². The van der Waals surface area contributed by atoms with Gasteiger partial charge in [-0.25, -0.2) is 4.79 Å². The Morgan fingerprint density at radius 3 is 1.48 bits per heavy atom. The summed E-state index contributed by atoms with van der Waals surface area (Å²) in [6.07, 6.45) is 23.8. The van der Waals surface area contributed by atoms with Gasteiger partial charge in [0.15, 0.2) is 28.7 Å². The number of fused-ring (bicyclic) bond motifs is 4. The molecule has 0 spiro atoms. The molecule has 90 heavy (non-hydrogen) atoms. The third kappa shape index (κ3) is 14.3. The maximum absolute atomic E-state index is 12.5. The van der Waals surface area contributed by atoms with E-state index in [1.165, 1.54) is 69.9 Å². The number of ketones is 1. The number of anilines is 1. The van der Waals surface area contributed by atoms with E-state index >= 15 is 0 Å². The number of aliphatic hydroxyl groups is 1. The van der Waals surface area contributed by atoms with Crippen LogP contribution in [0.15, 0.2) is 213 Å². The molecular formula is C65H61N13O12. The molecule has 0 saturated heterocycles. The van der Waals surface area contributed by atoms with Crippen LogP contribution in [0, 0.1) is 20.2 Å². The summed E-state index contributed by atoms with van der Waals surface area (Å²) in [5.41, 5.74) is 18.0. The average Bonchev–Trinajstić information content (AvgIpc) is 1.74. The fraction of sp³-hybridized carbons (Fsp3) is 0.200. The molecule has 4 atom stereocenters. The number of nitro groups is 2. The van der Waals surface area contributed by atoms with Crippen molar-refractivity contribution < 1.29 is 49.0 Å². The van der Waals surface area contributed by atoms with Crippen molar-refractivity contribution in [1.29, 1.82) is 0 Å². The highest BCUT2D eigenvalue weighted by Gasteiger charge is 2.28. The highest BCUT2D eigenvalue weighted by molar-refractivity contribution is 5.96. The van der Waals surface area contributed by atoms with E-state index in [9.17, 15) is 34.9 Å². The van der Waals surface area contributed by atoms with Crippen LogP contribution in [0.25, 0.3) is 23.0 Å². The lowest BCUT2D eigenvalue weighted by atomic mass is 10.1. The Labute approximate surface area is 513 Å². The van der Waals surface area contributed by atoms with Crippen molar-refractivity contribution in [3.63, 3.8) is 0 Å². The summed E-state index contributed by atoms with van der Waals surface area (Å²) in [7, 11) is 0. The third-order valence-electron chi connectivity index (χ3n) is 15.6. The fourth-order valence-corrected chi connectivity index (χ4v) is 11.2. The summed E-state index contributed by atoms with van der Waals surface area (Å²) in [6.45, 7) is 0. The van der Waals surface area contributed by atoms with E-state index in [0.717, 1.165) is 74.4 Å². The largest absolute Gasteiger partial charge is 0.476 e. The summed E-state index contributed by atoms with van der Waals surface area (Å²) in [5.74, 6) is 0.530. The molecule has 458 valence electrons. The number of Topliss-reactive ketones (excluding diaryl/α,β-unsaturated/α-hetero) is 1. The molecule has 5 N–H and O–H groups in total. The number of carboxylic acids is 1. The molecule has 4 aliphatic carbocycles. The second-order valence-corrected chi connectivity index (χ2v) is 21.3. The number of aromatic nitrogens is 10. The predicted molar refractivity (Wildman–Crippen MR) is 327 cm³/mol. The molecule has 4 aliphatic rings. The lowest BCUT2D eigenvalue weighted by Crippen LogP contribution is -2.08. The van der Waals surface area contributed by atoms with Crippen LogP contribution < -0.4 is 5.73 Å². The number of aromatic amines is 1. The van der Waals surface area contributed by atoms with Crippen molar-refractivity contribution >= 4 is 28.8 Å². The quantitative estimate of drug-likeness (QED) is 0.0531. The predicted octanol–water partition coefficient (Wildman–Crippen LogP) is 12.3. The number of rotatable bonds is 11. The number of carbonyl (C=O) groups excluding carboxylic acids is 1. The first-order chi connectivity index (χ1) is 43.8. The van der Waals surface area contributed by atoms with E-state index in [1.807, 2.05) is 52.1 Å². The van der Waals surface area contributed by atoms with Gasteiger partial charge >= 0.3 is 17.3 Å². The Kier molecular flexibility index (Phi) is 18.6. The SMILES string of the molecule is Nc1cnn(C2CCc3ccccc32)c1.O=C(Cc1cnn(C2CCc3ccccc32)c1)c1cc(-c2ccco2)on1.O=C(O)c1cc(-c2ccco2)on1.O=[N+]([O-])c1cn[nH]c1.O=[N+]([O-])c1cnn(C2CCc3ccccc32)c1.OC1CCc2ccccc21.[HH]. The molecule has 25 heteroatoms. The Hall–Kier alpha value is -11.6. The molecule has 0 saturated carbocycles. The molecule has 0 bridgehead atoms. The van der Waals surface area contributed by atoms with Crippen molar-refractivity contribution in [2.45, 2.75) is 82.0 Å². The zero-order valence-electron chi connectivity index (χ0n) is 48.1. The molecule has 8 aromatic heterocycles. The van der Waals surface area contributed by atoms with Crippen molar-refractivity contribution in [2.75, 3.05) is 5.73 Å². The van der Waals surface area contributed by atoms with Crippen LogP contribution in [0.1, 0.15) is 122 Å². The zero-order chi connectivity index (χ0) is 62.5. The first-order valence-electron chi connectivity index (χ1n) is 28.7. The summed E-state index contributed by atoms with van der Waals surface area (Å²) in [4.78, 5) is 42.5. The van der Waals surface area contributed by atoms with Crippen LogP contribution in [0.4, 0.5) is 17.1 Å². The molecular weight excluding hydrogens is 1150 g/mol. The number of hydrogen-bond donors (Lipinski definition) is 4. The second kappa shape index (κ2) is 27.8. The fourth-order valence-electron chi connectivity index (χ4n) is 11.2. The van der Waals surface area contributed by atoms with Gasteiger partial charge in [-0.1, -0.05) is 107 Å². The van der Waals surface area contributed by atoms with E-state index < -0.39 is 15.8 Å². The van der Waals surface area contributed by atoms with Gasteiger partial charge in [-0.2, -0.15) is 20.4 Å².